The number of nitrogens with zero attached hydrogens (tertiary/aromatic N) is 1. The van der Waals surface area contributed by atoms with Crippen LogP contribution in [0.4, 0.5) is 0 Å². The lowest BCUT2D eigenvalue weighted by Crippen LogP contribution is -2.46. The van der Waals surface area contributed by atoms with Gasteiger partial charge in [-0.2, -0.15) is 0 Å². The number of para-hydroxylation sites is 1. The molecule has 2 heterocycles. The van der Waals surface area contributed by atoms with Gasteiger partial charge in [0.25, 0.3) is 0 Å². The van der Waals surface area contributed by atoms with Crippen molar-refractivity contribution < 1.29 is 4.79 Å². The molecule has 1 atom stereocenters. The van der Waals surface area contributed by atoms with Crippen LogP contribution in [0.2, 0.25) is 0 Å². The van der Waals surface area contributed by atoms with Gasteiger partial charge in [0.2, 0.25) is 5.91 Å². The van der Waals surface area contributed by atoms with Gasteiger partial charge in [0.05, 0.1) is 6.04 Å². The highest BCUT2D eigenvalue weighted by molar-refractivity contribution is 5.92. The van der Waals surface area contributed by atoms with Crippen molar-refractivity contribution in [2.75, 3.05) is 13.1 Å². The van der Waals surface area contributed by atoms with E-state index >= 15 is 0 Å². The summed E-state index contributed by atoms with van der Waals surface area (Å²) in [4.78, 5) is 18.1. The van der Waals surface area contributed by atoms with Crippen LogP contribution in [0, 0.1) is 0 Å². The number of aromatic nitrogens is 1. The Morgan fingerprint density at radius 3 is 2.70 bits per heavy atom. The molecule has 2 N–H and O–H groups in total. The molecule has 1 aromatic heterocycles. The number of nitrogens with one attached hydrogen (secondary N) is 2. The van der Waals surface area contributed by atoms with Crippen LogP contribution in [0.1, 0.15) is 24.5 Å². The van der Waals surface area contributed by atoms with Crippen LogP contribution in [0.15, 0.2) is 66.9 Å². The fourth-order valence-corrected chi connectivity index (χ4v) is 3.72. The van der Waals surface area contributed by atoms with E-state index in [9.17, 15) is 4.79 Å². The highest BCUT2D eigenvalue weighted by atomic mass is 16.2. The molecule has 2 aromatic carbocycles. The van der Waals surface area contributed by atoms with Gasteiger partial charge in [-0.15, -0.1) is 0 Å². The average Bonchev–Trinajstić information content (AvgIpc) is 3.16. The first kappa shape index (κ1) is 17.6. The van der Waals surface area contributed by atoms with Crippen LogP contribution in [-0.4, -0.2) is 34.9 Å². The topological polar surface area (TPSA) is 48.1 Å². The lowest BCUT2D eigenvalue weighted by atomic mass is 9.98. The van der Waals surface area contributed by atoms with Crippen molar-refractivity contribution in [2.45, 2.75) is 25.9 Å². The summed E-state index contributed by atoms with van der Waals surface area (Å²) in [5, 5.41) is 4.32. The number of carbonyl (C=O) groups is 1. The first-order valence-corrected chi connectivity index (χ1v) is 9.53. The van der Waals surface area contributed by atoms with Crippen molar-refractivity contribution in [3.05, 3.63) is 78.0 Å². The van der Waals surface area contributed by atoms with Crippen molar-refractivity contribution in [3.8, 4) is 0 Å². The second kappa shape index (κ2) is 7.80. The number of hydrogen-bond acceptors (Lipinski definition) is 2. The lowest BCUT2D eigenvalue weighted by molar-refractivity contribution is -0.125. The zero-order valence-corrected chi connectivity index (χ0v) is 15.6. The molecule has 0 saturated carbocycles. The molecule has 1 aliphatic heterocycles. The van der Waals surface area contributed by atoms with Gasteiger partial charge < -0.3 is 10.3 Å². The van der Waals surface area contributed by atoms with Gasteiger partial charge in [0.15, 0.2) is 0 Å². The van der Waals surface area contributed by atoms with Gasteiger partial charge in [-0.25, -0.2) is 0 Å². The fourth-order valence-electron chi connectivity index (χ4n) is 3.72. The van der Waals surface area contributed by atoms with Gasteiger partial charge in [0, 0.05) is 42.3 Å². The Bertz CT molecular complexity index is 958. The Morgan fingerprint density at radius 1 is 1.15 bits per heavy atom. The van der Waals surface area contributed by atoms with Crippen molar-refractivity contribution in [1.29, 1.82) is 0 Å². The molecule has 0 radical (unpaired) electrons. The van der Waals surface area contributed by atoms with Crippen molar-refractivity contribution >= 4 is 22.4 Å². The molecule has 0 fully saturated rings. The standard InChI is InChI=1S/C23H25N3O/c1-17(23(27)25-15-18-7-3-2-4-8-18)26-13-11-19(12-14-26)21-16-24-22-10-6-5-9-20(21)22/h2-11,16-17,24H,12-15H2,1H3,(H,25,27)/t17-/m1/s1. The van der Waals surface area contributed by atoms with E-state index in [2.05, 4.69) is 51.7 Å². The Kier molecular flexibility index (Phi) is 5.07. The number of aromatic amines is 1. The first-order chi connectivity index (χ1) is 13.2. The SMILES string of the molecule is C[C@H](C(=O)NCc1ccccc1)N1CC=C(c2c[nH]c3ccccc23)CC1. The molecule has 0 spiro atoms. The molecule has 4 nitrogen and oxygen atoms in total. The number of carbonyl (C=O) groups excluding carboxylic acids is 1. The Balaban J connectivity index is 1.38. The van der Waals surface area contributed by atoms with Crippen molar-refractivity contribution in [2.24, 2.45) is 0 Å². The van der Waals surface area contributed by atoms with Crippen LogP contribution in [0.5, 0.6) is 0 Å². The monoisotopic (exact) mass is 359 g/mol. The third kappa shape index (κ3) is 3.81. The van der Waals surface area contributed by atoms with E-state index in [1.54, 1.807) is 0 Å². The fraction of sp³-hybridized carbons (Fsp3) is 0.261. The molecule has 0 bridgehead atoms. The van der Waals surface area contributed by atoms with Gasteiger partial charge in [-0.05, 0) is 30.5 Å². The maximum absolute atomic E-state index is 12.5. The first-order valence-electron chi connectivity index (χ1n) is 9.53. The zero-order valence-electron chi connectivity index (χ0n) is 15.6. The zero-order chi connectivity index (χ0) is 18.6. The number of hydrogen-bond donors (Lipinski definition) is 2. The Hall–Kier alpha value is -2.85. The van der Waals surface area contributed by atoms with Crippen LogP contribution in [-0.2, 0) is 11.3 Å². The summed E-state index contributed by atoms with van der Waals surface area (Å²) < 4.78 is 0. The predicted molar refractivity (Wildman–Crippen MR) is 110 cm³/mol. The summed E-state index contributed by atoms with van der Waals surface area (Å²) in [5.74, 6) is 0.0859. The van der Waals surface area contributed by atoms with Crippen LogP contribution >= 0.6 is 0 Å². The molecule has 3 aromatic rings. The average molecular weight is 359 g/mol. The number of H-pyrrole nitrogens is 1. The number of benzene rings is 2. The third-order valence-electron chi connectivity index (χ3n) is 5.41. The number of fused-ring (bicyclic) bond motifs is 1. The summed E-state index contributed by atoms with van der Waals surface area (Å²) >= 11 is 0. The van der Waals surface area contributed by atoms with Crippen molar-refractivity contribution in [3.63, 3.8) is 0 Å². The second-order valence-electron chi connectivity index (χ2n) is 7.10. The second-order valence-corrected chi connectivity index (χ2v) is 7.10. The minimum absolute atomic E-state index is 0.0859. The molecule has 1 amide bonds. The van der Waals surface area contributed by atoms with Crippen molar-refractivity contribution in [1.82, 2.24) is 15.2 Å². The molecule has 4 rings (SSSR count). The summed E-state index contributed by atoms with van der Waals surface area (Å²) in [6.07, 6.45) is 5.32. The quantitative estimate of drug-likeness (QED) is 0.724. The Labute approximate surface area is 159 Å². The highest BCUT2D eigenvalue weighted by Gasteiger charge is 2.23. The summed E-state index contributed by atoms with van der Waals surface area (Å²) in [6.45, 7) is 4.26. The van der Waals surface area contributed by atoms with E-state index in [-0.39, 0.29) is 11.9 Å². The normalized spacial score (nSPS) is 16.1. The van der Waals surface area contributed by atoms with E-state index in [4.69, 9.17) is 0 Å². The van der Waals surface area contributed by atoms with Gasteiger partial charge in [-0.3, -0.25) is 9.69 Å². The maximum atomic E-state index is 12.5. The minimum Gasteiger partial charge on any atom is -0.361 e. The predicted octanol–water partition coefficient (Wildman–Crippen LogP) is 3.96. The molecule has 138 valence electrons. The molecule has 0 saturated heterocycles. The summed E-state index contributed by atoms with van der Waals surface area (Å²) in [6, 6.07) is 18.3. The molecule has 4 heteroatoms. The van der Waals surface area contributed by atoms with E-state index in [1.807, 2.05) is 37.3 Å². The smallest absolute Gasteiger partial charge is 0.237 e. The number of rotatable bonds is 5. The van der Waals surface area contributed by atoms with E-state index in [0.29, 0.717) is 6.54 Å². The largest absolute Gasteiger partial charge is 0.361 e. The molecule has 27 heavy (non-hydrogen) atoms. The van der Waals surface area contributed by atoms with E-state index < -0.39 is 0 Å². The minimum atomic E-state index is -0.130. The molecule has 0 unspecified atom stereocenters. The van der Waals surface area contributed by atoms with Gasteiger partial charge in [-0.1, -0.05) is 54.6 Å². The van der Waals surface area contributed by atoms with Crippen LogP contribution in [0.3, 0.4) is 0 Å². The van der Waals surface area contributed by atoms with E-state index in [1.165, 1.54) is 22.0 Å². The lowest BCUT2D eigenvalue weighted by Gasteiger charge is -2.31. The highest BCUT2D eigenvalue weighted by Crippen LogP contribution is 2.29. The Morgan fingerprint density at radius 2 is 1.93 bits per heavy atom. The number of amides is 1. The molecule has 1 aliphatic rings. The van der Waals surface area contributed by atoms with Crippen LogP contribution in [0.25, 0.3) is 16.5 Å². The maximum Gasteiger partial charge on any atom is 0.237 e. The summed E-state index contributed by atoms with van der Waals surface area (Å²) in [5.41, 5.74) is 4.94. The molecule has 0 aliphatic carbocycles. The summed E-state index contributed by atoms with van der Waals surface area (Å²) in [7, 11) is 0. The third-order valence-corrected chi connectivity index (χ3v) is 5.41. The van der Waals surface area contributed by atoms with Crippen LogP contribution < -0.4 is 5.32 Å². The molecular weight excluding hydrogens is 334 g/mol. The van der Waals surface area contributed by atoms with Gasteiger partial charge in [0.1, 0.15) is 0 Å². The molecular formula is C23H25N3O. The van der Waals surface area contributed by atoms with E-state index in [0.717, 1.165) is 25.1 Å². The van der Waals surface area contributed by atoms with Gasteiger partial charge >= 0.3 is 0 Å².